The van der Waals surface area contributed by atoms with Crippen molar-refractivity contribution in [2.45, 2.75) is 33.2 Å². The van der Waals surface area contributed by atoms with E-state index in [4.69, 9.17) is 0 Å². The maximum Gasteiger partial charge on any atom is 0.319 e. The van der Waals surface area contributed by atoms with E-state index in [1.165, 1.54) is 12.0 Å². The highest BCUT2D eigenvalue weighted by Gasteiger charge is 2.20. The van der Waals surface area contributed by atoms with E-state index in [0.717, 1.165) is 43.0 Å². The Bertz CT molecular complexity index is 698. The molecule has 6 nitrogen and oxygen atoms in total. The number of hydrogen-bond donors (Lipinski definition) is 3. The monoisotopic (exact) mass is 341 g/mol. The molecule has 6 heteroatoms. The van der Waals surface area contributed by atoms with Gasteiger partial charge in [-0.05, 0) is 56.3 Å². The highest BCUT2D eigenvalue weighted by Crippen LogP contribution is 2.19. The predicted molar refractivity (Wildman–Crippen MR) is 99.5 cm³/mol. The van der Waals surface area contributed by atoms with Crippen LogP contribution in [0.25, 0.3) is 0 Å². The number of carbonyl (C=O) groups is 1. The van der Waals surface area contributed by atoms with Crippen molar-refractivity contribution in [3.8, 4) is 0 Å². The lowest BCUT2D eigenvalue weighted by Crippen LogP contribution is -2.41. The topological polar surface area (TPSA) is 73.1 Å². The molecule has 3 N–H and O–H groups in total. The second-order valence-electron chi connectivity index (χ2n) is 6.90. The number of benzene rings is 1. The smallest absolute Gasteiger partial charge is 0.319 e. The van der Waals surface area contributed by atoms with Gasteiger partial charge in [0.1, 0.15) is 0 Å². The normalized spacial score (nSPS) is 18.1. The molecule has 3 rings (SSSR count). The van der Waals surface area contributed by atoms with Crippen molar-refractivity contribution < 1.29 is 4.79 Å². The first-order valence-corrected chi connectivity index (χ1v) is 8.92. The average Bonchev–Trinajstić information content (AvgIpc) is 3.10. The molecule has 1 saturated heterocycles. The van der Waals surface area contributed by atoms with E-state index in [0.29, 0.717) is 12.5 Å². The standard InChI is InChI=1S/C19H27N5O/c1-14-5-3-7-18(15(14)2)23-19(25)21-9-16-6-4-8-24(11-16)12-17-10-20-13-22-17/h3,5,7,10,13,16H,4,6,8-9,11-12H2,1-2H3,(H,20,22)(H2,21,23,25). The number of urea groups is 1. The number of imidazole rings is 1. The molecule has 2 heterocycles. The Morgan fingerprint density at radius 3 is 3.08 bits per heavy atom. The van der Waals surface area contributed by atoms with E-state index in [9.17, 15) is 4.79 Å². The van der Waals surface area contributed by atoms with E-state index < -0.39 is 0 Å². The second kappa shape index (κ2) is 8.16. The van der Waals surface area contributed by atoms with Gasteiger partial charge in [-0.2, -0.15) is 0 Å². The number of nitrogens with one attached hydrogen (secondary N) is 3. The van der Waals surface area contributed by atoms with Crippen molar-refractivity contribution in [2.75, 3.05) is 25.0 Å². The molecule has 134 valence electrons. The number of carbonyl (C=O) groups excluding carboxylic acids is 1. The maximum absolute atomic E-state index is 12.2. The lowest BCUT2D eigenvalue weighted by molar-refractivity contribution is 0.164. The van der Waals surface area contributed by atoms with Crippen molar-refractivity contribution in [1.29, 1.82) is 0 Å². The molecule has 1 aromatic carbocycles. The predicted octanol–water partition coefficient (Wildman–Crippen LogP) is 3.06. The highest BCUT2D eigenvalue weighted by molar-refractivity contribution is 5.90. The molecule has 2 amide bonds. The maximum atomic E-state index is 12.2. The molecular weight excluding hydrogens is 314 g/mol. The molecule has 0 bridgehead atoms. The zero-order valence-electron chi connectivity index (χ0n) is 15.0. The summed E-state index contributed by atoms with van der Waals surface area (Å²) in [5.41, 5.74) is 4.31. The van der Waals surface area contributed by atoms with Crippen LogP contribution in [0.2, 0.25) is 0 Å². The van der Waals surface area contributed by atoms with Crippen LogP contribution in [0, 0.1) is 19.8 Å². The van der Waals surface area contributed by atoms with Crippen LogP contribution >= 0.6 is 0 Å². The quantitative estimate of drug-likeness (QED) is 0.782. The fourth-order valence-electron chi connectivity index (χ4n) is 3.36. The second-order valence-corrected chi connectivity index (χ2v) is 6.90. The summed E-state index contributed by atoms with van der Waals surface area (Å²) in [6.07, 6.45) is 5.91. The molecule has 1 aliphatic heterocycles. The molecular formula is C19H27N5O. The van der Waals surface area contributed by atoms with Crippen LogP contribution in [0.4, 0.5) is 10.5 Å². The van der Waals surface area contributed by atoms with Crippen molar-refractivity contribution in [3.63, 3.8) is 0 Å². The minimum Gasteiger partial charge on any atom is -0.347 e. The van der Waals surface area contributed by atoms with Crippen LogP contribution in [-0.4, -0.2) is 40.5 Å². The van der Waals surface area contributed by atoms with Gasteiger partial charge in [0, 0.05) is 37.2 Å². The third-order valence-electron chi connectivity index (χ3n) is 4.96. The lowest BCUT2D eigenvalue weighted by Gasteiger charge is -2.32. The third kappa shape index (κ3) is 4.82. The number of rotatable bonds is 5. The summed E-state index contributed by atoms with van der Waals surface area (Å²) in [4.78, 5) is 21.9. The van der Waals surface area contributed by atoms with Gasteiger partial charge < -0.3 is 15.6 Å². The van der Waals surface area contributed by atoms with Gasteiger partial charge in [-0.1, -0.05) is 12.1 Å². The van der Waals surface area contributed by atoms with Crippen LogP contribution < -0.4 is 10.6 Å². The summed E-state index contributed by atoms with van der Waals surface area (Å²) in [6.45, 7) is 7.78. The van der Waals surface area contributed by atoms with Gasteiger partial charge in [0.2, 0.25) is 0 Å². The Hall–Kier alpha value is -2.34. The van der Waals surface area contributed by atoms with Crippen LogP contribution in [0.3, 0.4) is 0 Å². The lowest BCUT2D eigenvalue weighted by atomic mass is 9.98. The van der Waals surface area contributed by atoms with Crippen molar-refractivity contribution in [2.24, 2.45) is 5.92 Å². The van der Waals surface area contributed by atoms with Crippen molar-refractivity contribution in [1.82, 2.24) is 20.2 Å². The first kappa shape index (κ1) is 17.5. The molecule has 1 aliphatic rings. The zero-order chi connectivity index (χ0) is 17.6. The molecule has 0 aliphatic carbocycles. The number of amides is 2. The summed E-state index contributed by atoms with van der Waals surface area (Å²) in [7, 11) is 0. The Balaban J connectivity index is 1.46. The molecule has 1 atom stereocenters. The van der Waals surface area contributed by atoms with Crippen LogP contribution in [0.1, 0.15) is 29.7 Å². The summed E-state index contributed by atoms with van der Waals surface area (Å²) in [5.74, 6) is 0.487. The molecule has 1 fully saturated rings. The number of nitrogens with zero attached hydrogens (tertiary/aromatic N) is 2. The van der Waals surface area contributed by atoms with Crippen LogP contribution in [0.15, 0.2) is 30.7 Å². The van der Waals surface area contributed by atoms with Gasteiger partial charge in [0.25, 0.3) is 0 Å². The van der Waals surface area contributed by atoms with Gasteiger partial charge in [-0.15, -0.1) is 0 Å². The number of aryl methyl sites for hydroxylation is 1. The largest absolute Gasteiger partial charge is 0.347 e. The molecule has 25 heavy (non-hydrogen) atoms. The fraction of sp³-hybridized carbons (Fsp3) is 0.474. The number of aromatic nitrogens is 2. The molecule has 0 spiro atoms. The summed E-state index contributed by atoms with van der Waals surface area (Å²) < 4.78 is 0. The fourth-order valence-corrected chi connectivity index (χ4v) is 3.36. The van der Waals surface area contributed by atoms with Crippen LogP contribution in [-0.2, 0) is 6.54 Å². The van der Waals surface area contributed by atoms with Gasteiger partial charge in [0.15, 0.2) is 0 Å². The van der Waals surface area contributed by atoms with Gasteiger partial charge in [0.05, 0.1) is 6.33 Å². The molecule has 1 unspecified atom stereocenters. The van der Waals surface area contributed by atoms with E-state index in [1.807, 2.05) is 25.3 Å². The van der Waals surface area contributed by atoms with E-state index in [2.05, 4.69) is 38.5 Å². The SMILES string of the molecule is Cc1cccc(NC(=O)NCC2CCCN(Cc3cnc[nH]3)C2)c1C. The van der Waals surface area contributed by atoms with Gasteiger partial charge in [-0.3, -0.25) is 4.90 Å². The number of aromatic amines is 1. The van der Waals surface area contributed by atoms with Crippen LogP contribution in [0.5, 0.6) is 0 Å². The molecule has 1 aromatic heterocycles. The number of anilines is 1. The Morgan fingerprint density at radius 1 is 1.40 bits per heavy atom. The zero-order valence-corrected chi connectivity index (χ0v) is 15.0. The van der Waals surface area contributed by atoms with E-state index in [1.54, 1.807) is 6.33 Å². The van der Waals surface area contributed by atoms with Gasteiger partial charge in [-0.25, -0.2) is 9.78 Å². The molecule has 0 radical (unpaired) electrons. The summed E-state index contributed by atoms with van der Waals surface area (Å²) in [6, 6.07) is 5.83. The molecule has 0 saturated carbocycles. The van der Waals surface area contributed by atoms with Crippen molar-refractivity contribution in [3.05, 3.63) is 47.5 Å². The Morgan fingerprint density at radius 2 is 2.28 bits per heavy atom. The Kier molecular flexibility index (Phi) is 5.71. The van der Waals surface area contributed by atoms with Gasteiger partial charge >= 0.3 is 6.03 Å². The van der Waals surface area contributed by atoms with E-state index in [-0.39, 0.29) is 6.03 Å². The number of hydrogen-bond acceptors (Lipinski definition) is 3. The minimum absolute atomic E-state index is 0.126. The first-order valence-electron chi connectivity index (χ1n) is 8.92. The Labute approximate surface area is 149 Å². The summed E-state index contributed by atoms with van der Waals surface area (Å²) in [5, 5.41) is 5.99. The number of likely N-dealkylation sites (tertiary alicyclic amines) is 1. The minimum atomic E-state index is -0.126. The number of H-pyrrole nitrogens is 1. The van der Waals surface area contributed by atoms with E-state index >= 15 is 0 Å². The summed E-state index contributed by atoms with van der Waals surface area (Å²) >= 11 is 0. The number of piperidine rings is 1. The third-order valence-corrected chi connectivity index (χ3v) is 4.96. The molecule has 2 aromatic rings. The highest BCUT2D eigenvalue weighted by atomic mass is 16.2. The van der Waals surface area contributed by atoms with Crippen molar-refractivity contribution >= 4 is 11.7 Å². The first-order chi connectivity index (χ1) is 12.1. The average molecular weight is 341 g/mol.